The molecule has 0 aliphatic carbocycles. The van der Waals surface area contributed by atoms with Crippen molar-refractivity contribution in [2.45, 2.75) is 18.9 Å². The molecule has 1 aliphatic rings. The summed E-state index contributed by atoms with van der Waals surface area (Å²) in [4.78, 5) is 34.7. The normalized spacial score (nSPS) is 14.6. The Bertz CT molecular complexity index is 950. The fraction of sp³-hybridized carbons (Fsp3) is 0.250. The maximum absolute atomic E-state index is 12.5. The molecule has 0 unspecified atom stereocenters. The molecule has 8 heteroatoms. The van der Waals surface area contributed by atoms with Gasteiger partial charge in [0.2, 0.25) is 0 Å². The molecule has 0 bridgehead atoms. The molecule has 1 N–H and O–H groups in total. The average Bonchev–Trinajstić information content (AvgIpc) is 3.26. The van der Waals surface area contributed by atoms with Gasteiger partial charge in [-0.05, 0) is 37.1 Å². The number of hydrogen-bond acceptors (Lipinski definition) is 6. The highest BCUT2D eigenvalue weighted by Crippen LogP contribution is 2.19. The van der Waals surface area contributed by atoms with Gasteiger partial charge in [-0.1, -0.05) is 5.16 Å². The van der Waals surface area contributed by atoms with Crippen LogP contribution in [-0.4, -0.2) is 51.0 Å². The second-order valence-corrected chi connectivity index (χ2v) is 6.59. The lowest BCUT2D eigenvalue weighted by Crippen LogP contribution is -2.46. The summed E-state index contributed by atoms with van der Waals surface area (Å²) in [6, 6.07) is 8.64. The van der Waals surface area contributed by atoms with Crippen molar-refractivity contribution in [3.8, 4) is 11.3 Å². The monoisotopic (exact) mass is 377 g/mol. The van der Waals surface area contributed by atoms with Crippen molar-refractivity contribution >= 4 is 11.8 Å². The molecule has 0 saturated carbocycles. The Morgan fingerprint density at radius 1 is 1.07 bits per heavy atom. The minimum atomic E-state index is -0.280. The zero-order chi connectivity index (χ0) is 19.3. The SMILES string of the molecule is O=C(NC1CCN(C(=O)c2ccncc2)CC1)c1cc(-c2cccnc2)on1. The van der Waals surface area contributed by atoms with Gasteiger partial charge >= 0.3 is 0 Å². The minimum absolute atomic E-state index is 0.00691. The molecule has 1 aliphatic heterocycles. The highest BCUT2D eigenvalue weighted by molar-refractivity contribution is 5.94. The van der Waals surface area contributed by atoms with Crippen molar-refractivity contribution in [3.05, 3.63) is 66.4 Å². The summed E-state index contributed by atoms with van der Waals surface area (Å²) >= 11 is 0. The van der Waals surface area contributed by atoms with E-state index in [1.165, 1.54) is 0 Å². The summed E-state index contributed by atoms with van der Waals surface area (Å²) in [6.45, 7) is 1.18. The van der Waals surface area contributed by atoms with Crippen LogP contribution in [0.1, 0.15) is 33.7 Å². The van der Waals surface area contributed by atoms with Crippen LogP contribution in [0.15, 0.2) is 59.6 Å². The van der Waals surface area contributed by atoms with Crippen LogP contribution in [0.2, 0.25) is 0 Å². The summed E-state index contributed by atoms with van der Waals surface area (Å²) in [5.74, 6) is 0.207. The van der Waals surface area contributed by atoms with Crippen LogP contribution < -0.4 is 5.32 Å². The molecule has 4 rings (SSSR count). The smallest absolute Gasteiger partial charge is 0.273 e. The number of carbonyl (C=O) groups is 2. The van der Waals surface area contributed by atoms with E-state index < -0.39 is 0 Å². The van der Waals surface area contributed by atoms with Crippen molar-refractivity contribution < 1.29 is 14.1 Å². The van der Waals surface area contributed by atoms with E-state index in [-0.39, 0.29) is 23.6 Å². The van der Waals surface area contributed by atoms with Crippen molar-refractivity contribution in [1.29, 1.82) is 0 Å². The van der Waals surface area contributed by atoms with E-state index in [1.807, 2.05) is 6.07 Å². The van der Waals surface area contributed by atoms with Crippen molar-refractivity contribution in [1.82, 2.24) is 25.3 Å². The number of rotatable bonds is 4. The number of likely N-dealkylation sites (tertiary alicyclic amines) is 1. The average molecular weight is 377 g/mol. The van der Waals surface area contributed by atoms with Crippen molar-refractivity contribution in [2.75, 3.05) is 13.1 Å². The van der Waals surface area contributed by atoms with Crippen LogP contribution in [0.5, 0.6) is 0 Å². The number of aromatic nitrogens is 3. The highest BCUT2D eigenvalue weighted by atomic mass is 16.5. The number of piperidine rings is 1. The van der Waals surface area contributed by atoms with Crippen LogP contribution >= 0.6 is 0 Å². The quantitative estimate of drug-likeness (QED) is 0.748. The third-order valence-electron chi connectivity index (χ3n) is 4.73. The Morgan fingerprint density at radius 2 is 1.86 bits per heavy atom. The first-order valence-corrected chi connectivity index (χ1v) is 9.08. The van der Waals surface area contributed by atoms with Gasteiger partial charge in [-0.2, -0.15) is 0 Å². The Balaban J connectivity index is 1.32. The molecule has 8 nitrogen and oxygen atoms in total. The highest BCUT2D eigenvalue weighted by Gasteiger charge is 2.25. The Hall–Kier alpha value is -3.55. The zero-order valence-corrected chi connectivity index (χ0v) is 15.1. The second-order valence-electron chi connectivity index (χ2n) is 6.59. The third-order valence-corrected chi connectivity index (χ3v) is 4.73. The standard InChI is InChI=1S/C20H19N5O3/c26-19(17-12-18(28-24-17)15-2-1-7-22-13-15)23-16-5-10-25(11-6-16)20(27)14-3-8-21-9-4-14/h1-4,7-9,12-13,16H,5-6,10-11H2,(H,23,26). The minimum Gasteiger partial charge on any atom is -0.355 e. The van der Waals surface area contributed by atoms with E-state index in [0.29, 0.717) is 37.3 Å². The molecule has 0 radical (unpaired) electrons. The van der Waals surface area contributed by atoms with Crippen LogP contribution in [0.3, 0.4) is 0 Å². The third kappa shape index (κ3) is 3.90. The number of nitrogens with one attached hydrogen (secondary N) is 1. The summed E-state index contributed by atoms with van der Waals surface area (Å²) in [5.41, 5.74) is 1.62. The maximum Gasteiger partial charge on any atom is 0.273 e. The van der Waals surface area contributed by atoms with E-state index in [9.17, 15) is 9.59 Å². The van der Waals surface area contributed by atoms with Gasteiger partial charge in [-0.25, -0.2) is 0 Å². The van der Waals surface area contributed by atoms with Gasteiger partial charge < -0.3 is 14.7 Å². The van der Waals surface area contributed by atoms with Gasteiger partial charge in [0.25, 0.3) is 11.8 Å². The van der Waals surface area contributed by atoms with Gasteiger partial charge in [-0.15, -0.1) is 0 Å². The molecule has 142 valence electrons. The van der Waals surface area contributed by atoms with E-state index in [0.717, 1.165) is 5.56 Å². The first kappa shape index (κ1) is 17.8. The number of carbonyl (C=O) groups excluding carboxylic acids is 2. The second kappa shape index (κ2) is 7.99. The fourth-order valence-electron chi connectivity index (χ4n) is 3.19. The predicted octanol–water partition coefficient (Wildman–Crippen LogP) is 2.17. The van der Waals surface area contributed by atoms with Crippen LogP contribution in [0.25, 0.3) is 11.3 Å². The topological polar surface area (TPSA) is 101 Å². The van der Waals surface area contributed by atoms with E-state index >= 15 is 0 Å². The van der Waals surface area contributed by atoms with Gasteiger partial charge in [0, 0.05) is 61.1 Å². The lowest BCUT2D eigenvalue weighted by molar-refractivity contribution is 0.0697. The number of amides is 2. The molecule has 1 saturated heterocycles. The zero-order valence-electron chi connectivity index (χ0n) is 15.1. The van der Waals surface area contributed by atoms with Crippen molar-refractivity contribution in [3.63, 3.8) is 0 Å². The lowest BCUT2D eigenvalue weighted by atomic mass is 10.0. The van der Waals surface area contributed by atoms with Crippen LogP contribution in [0, 0.1) is 0 Å². The summed E-state index contributed by atoms with van der Waals surface area (Å²) in [6.07, 6.45) is 7.92. The van der Waals surface area contributed by atoms with E-state index in [2.05, 4.69) is 20.4 Å². The fourth-order valence-corrected chi connectivity index (χ4v) is 3.19. The molecule has 3 aromatic rings. The predicted molar refractivity (Wildman–Crippen MR) is 100 cm³/mol. The molecule has 3 aromatic heterocycles. The van der Waals surface area contributed by atoms with Gasteiger partial charge in [-0.3, -0.25) is 19.6 Å². The molecular formula is C20H19N5O3. The molecule has 0 aromatic carbocycles. The molecule has 4 heterocycles. The molecular weight excluding hydrogens is 358 g/mol. The number of hydrogen-bond donors (Lipinski definition) is 1. The summed E-state index contributed by atoms with van der Waals surface area (Å²) in [5, 5.41) is 6.83. The van der Waals surface area contributed by atoms with Gasteiger partial charge in [0.1, 0.15) is 0 Å². The Labute approximate surface area is 161 Å². The van der Waals surface area contributed by atoms with Gasteiger partial charge in [0.15, 0.2) is 11.5 Å². The number of nitrogens with zero attached hydrogens (tertiary/aromatic N) is 4. The summed E-state index contributed by atoms with van der Waals surface area (Å²) < 4.78 is 5.25. The first-order chi connectivity index (χ1) is 13.7. The Kier molecular flexibility index (Phi) is 5.09. The molecule has 0 atom stereocenters. The lowest BCUT2D eigenvalue weighted by Gasteiger charge is -2.32. The molecule has 0 spiro atoms. The van der Waals surface area contributed by atoms with E-state index in [4.69, 9.17) is 4.52 Å². The number of pyridine rings is 2. The van der Waals surface area contributed by atoms with E-state index in [1.54, 1.807) is 54.0 Å². The molecule has 28 heavy (non-hydrogen) atoms. The first-order valence-electron chi connectivity index (χ1n) is 9.08. The summed E-state index contributed by atoms with van der Waals surface area (Å²) in [7, 11) is 0. The molecule has 1 fully saturated rings. The van der Waals surface area contributed by atoms with Crippen LogP contribution in [-0.2, 0) is 0 Å². The van der Waals surface area contributed by atoms with Crippen LogP contribution in [0.4, 0.5) is 0 Å². The van der Waals surface area contributed by atoms with Gasteiger partial charge in [0.05, 0.1) is 0 Å². The largest absolute Gasteiger partial charge is 0.355 e. The van der Waals surface area contributed by atoms with Crippen molar-refractivity contribution in [2.24, 2.45) is 0 Å². The molecule has 2 amide bonds. The Morgan fingerprint density at radius 3 is 2.57 bits per heavy atom. The maximum atomic E-state index is 12.5.